The van der Waals surface area contributed by atoms with Crippen LogP contribution in [0.25, 0.3) is 0 Å². The van der Waals surface area contributed by atoms with Gasteiger partial charge in [-0.05, 0) is 30.5 Å². The van der Waals surface area contributed by atoms with Crippen LogP contribution in [-0.2, 0) is 4.79 Å². The second kappa shape index (κ2) is 8.37. The number of benzene rings is 1. The van der Waals surface area contributed by atoms with E-state index in [1.807, 2.05) is 28.0 Å². The van der Waals surface area contributed by atoms with Gasteiger partial charge in [0.1, 0.15) is 5.75 Å². The summed E-state index contributed by atoms with van der Waals surface area (Å²) < 4.78 is 5.19. The Kier molecular flexibility index (Phi) is 5.95. The van der Waals surface area contributed by atoms with Gasteiger partial charge in [-0.1, -0.05) is 31.7 Å². The molecule has 0 atom stereocenters. The van der Waals surface area contributed by atoms with Gasteiger partial charge in [-0.3, -0.25) is 9.59 Å². The fraction of sp³-hybridized carbons (Fsp3) is 0.600. The second-order valence-corrected chi connectivity index (χ2v) is 7.09. The van der Waals surface area contributed by atoms with E-state index in [1.165, 1.54) is 25.7 Å². The van der Waals surface area contributed by atoms with E-state index in [1.54, 1.807) is 13.2 Å². The maximum atomic E-state index is 12.6. The van der Waals surface area contributed by atoms with Crippen molar-refractivity contribution in [3.8, 4) is 5.75 Å². The van der Waals surface area contributed by atoms with E-state index in [0.717, 1.165) is 12.3 Å². The highest BCUT2D eigenvalue weighted by atomic mass is 16.5. The lowest BCUT2D eigenvalue weighted by Gasteiger charge is -2.35. The maximum Gasteiger partial charge on any atom is 0.254 e. The Bertz CT molecular complexity index is 603. The van der Waals surface area contributed by atoms with Gasteiger partial charge in [0.25, 0.3) is 5.91 Å². The standard InChI is InChI=1S/C20H28N2O3/c1-25-18-8-4-7-17(15-18)20(24)22-13-11-21(12-14-22)19(23)10-9-16-5-2-3-6-16/h4,7-8,15-16H,2-3,5-6,9-14H2,1H3. The van der Waals surface area contributed by atoms with Gasteiger partial charge in [0.05, 0.1) is 7.11 Å². The summed E-state index contributed by atoms with van der Waals surface area (Å²) in [5.41, 5.74) is 0.639. The summed E-state index contributed by atoms with van der Waals surface area (Å²) in [5, 5.41) is 0. The Morgan fingerprint density at radius 3 is 2.44 bits per heavy atom. The molecule has 0 bridgehead atoms. The Balaban J connectivity index is 1.47. The highest BCUT2D eigenvalue weighted by Crippen LogP contribution is 2.28. The first-order chi connectivity index (χ1) is 12.2. The van der Waals surface area contributed by atoms with Crippen LogP contribution in [0.1, 0.15) is 48.9 Å². The molecule has 25 heavy (non-hydrogen) atoms. The van der Waals surface area contributed by atoms with Crippen LogP contribution in [0.2, 0.25) is 0 Å². The molecule has 2 amide bonds. The van der Waals surface area contributed by atoms with Crippen molar-refractivity contribution in [2.75, 3.05) is 33.3 Å². The molecular weight excluding hydrogens is 316 g/mol. The van der Waals surface area contributed by atoms with E-state index < -0.39 is 0 Å². The molecule has 1 aliphatic heterocycles. The Hall–Kier alpha value is -2.04. The third-order valence-corrected chi connectivity index (χ3v) is 5.48. The lowest BCUT2D eigenvalue weighted by Crippen LogP contribution is -2.50. The van der Waals surface area contributed by atoms with Gasteiger partial charge in [-0.15, -0.1) is 0 Å². The quantitative estimate of drug-likeness (QED) is 0.825. The van der Waals surface area contributed by atoms with Gasteiger partial charge in [-0.2, -0.15) is 0 Å². The number of ether oxygens (including phenoxy) is 1. The normalized spacial score (nSPS) is 18.4. The van der Waals surface area contributed by atoms with E-state index in [0.29, 0.717) is 43.9 Å². The highest BCUT2D eigenvalue weighted by Gasteiger charge is 2.25. The summed E-state index contributed by atoms with van der Waals surface area (Å²) in [6.07, 6.45) is 6.91. The number of rotatable bonds is 5. The highest BCUT2D eigenvalue weighted by molar-refractivity contribution is 5.94. The summed E-state index contributed by atoms with van der Waals surface area (Å²) in [7, 11) is 1.60. The van der Waals surface area contributed by atoms with Gasteiger partial charge in [-0.25, -0.2) is 0 Å². The minimum atomic E-state index is 0.0111. The summed E-state index contributed by atoms with van der Waals surface area (Å²) in [6.45, 7) is 2.48. The molecule has 0 aromatic heterocycles. The fourth-order valence-corrected chi connectivity index (χ4v) is 3.88. The molecule has 1 saturated heterocycles. The van der Waals surface area contributed by atoms with Crippen LogP contribution in [0.4, 0.5) is 0 Å². The van der Waals surface area contributed by atoms with E-state index >= 15 is 0 Å². The molecule has 2 aliphatic rings. The average molecular weight is 344 g/mol. The maximum absolute atomic E-state index is 12.6. The van der Waals surface area contributed by atoms with E-state index in [-0.39, 0.29) is 11.8 Å². The smallest absolute Gasteiger partial charge is 0.254 e. The Labute approximate surface area is 149 Å². The first kappa shape index (κ1) is 17.8. The molecule has 0 spiro atoms. The zero-order valence-corrected chi connectivity index (χ0v) is 15.1. The minimum absolute atomic E-state index is 0.0111. The van der Waals surface area contributed by atoms with Crippen molar-refractivity contribution in [1.29, 1.82) is 0 Å². The van der Waals surface area contributed by atoms with Crippen molar-refractivity contribution >= 4 is 11.8 Å². The van der Waals surface area contributed by atoms with Crippen LogP contribution in [0, 0.1) is 5.92 Å². The van der Waals surface area contributed by atoms with Crippen molar-refractivity contribution in [3.05, 3.63) is 29.8 Å². The fourth-order valence-electron chi connectivity index (χ4n) is 3.88. The molecule has 0 radical (unpaired) electrons. The van der Waals surface area contributed by atoms with Gasteiger partial charge in [0.15, 0.2) is 0 Å². The van der Waals surface area contributed by atoms with Crippen molar-refractivity contribution in [3.63, 3.8) is 0 Å². The molecule has 0 N–H and O–H groups in total. The summed E-state index contributed by atoms with van der Waals surface area (Å²) >= 11 is 0. The number of hydrogen-bond acceptors (Lipinski definition) is 3. The van der Waals surface area contributed by atoms with Crippen molar-refractivity contribution < 1.29 is 14.3 Å². The predicted octanol–water partition coefficient (Wildman–Crippen LogP) is 2.95. The lowest BCUT2D eigenvalue weighted by molar-refractivity contribution is -0.133. The molecule has 3 rings (SSSR count). The van der Waals surface area contributed by atoms with Crippen LogP contribution in [0.15, 0.2) is 24.3 Å². The van der Waals surface area contributed by atoms with Crippen LogP contribution < -0.4 is 4.74 Å². The predicted molar refractivity (Wildman–Crippen MR) is 96.7 cm³/mol. The number of amides is 2. The molecule has 0 unspecified atom stereocenters. The number of methoxy groups -OCH3 is 1. The zero-order valence-electron chi connectivity index (χ0n) is 15.1. The average Bonchev–Trinajstić information content (AvgIpc) is 3.19. The second-order valence-electron chi connectivity index (χ2n) is 7.09. The molecule has 136 valence electrons. The van der Waals surface area contributed by atoms with Gasteiger partial charge in [0, 0.05) is 38.2 Å². The summed E-state index contributed by atoms with van der Waals surface area (Å²) in [6, 6.07) is 7.23. The zero-order chi connectivity index (χ0) is 17.6. The van der Waals surface area contributed by atoms with Gasteiger partial charge < -0.3 is 14.5 Å². The monoisotopic (exact) mass is 344 g/mol. The molecule has 5 nitrogen and oxygen atoms in total. The van der Waals surface area contributed by atoms with Crippen molar-refractivity contribution in [2.45, 2.75) is 38.5 Å². The number of nitrogens with zero attached hydrogens (tertiary/aromatic N) is 2. The summed E-state index contributed by atoms with van der Waals surface area (Å²) in [5.74, 6) is 1.70. The molecule has 1 saturated carbocycles. The van der Waals surface area contributed by atoms with Crippen molar-refractivity contribution in [2.24, 2.45) is 5.92 Å². The largest absolute Gasteiger partial charge is 0.497 e. The van der Waals surface area contributed by atoms with Crippen LogP contribution in [-0.4, -0.2) is 54.9 Å². The molecule has 2 fully saturated rings. The van der Waals surface area contributed by atoms with Crippen LogP contribution >= 0.6 is 0 Å². The van der Waals surface area contributed by atoms with Crippen LogP contribution in [0.3, 0.4) is 0 Å². The third-order valence-electron chi connectivity index (χ3n) is 5.48. The Morgan fingerprint density at radius 1 is 1.08 bits per heavy atom. The van der Waals surface area contributed by atoms with Crippen LogP contribution in [0.5, 0.6) is 5.75 Å². The molecule has 5 heteroatoms. The van der Waals surface area contributed by atoms with Crippen molar-refractivity contribution in [1.82, 2.24) is 9.80 Å². The molecule has 1 aromatic rings. The number of hydrogen-bond donors (Lipinski definition) is 0. The van der Waals surface area contributed by atoms with Gasteiger partial charge in [0.2, 0.25) is 5.91 Å². The van der Waals surface area contributed by atoms with Gasteiger partial charge >= 0.3 is 0 Å². The summed E-state index contributed by atoms with van der Waals surface area (Å²) in [4.78, 5) is 28.8. The molecular formula is C20H28N2O3. The minimum Gasteiger partial charge on any atom is -0.497 e. The first-order valence-corrected chi connectivity index (χ1v) is 9.38. The molecule has 1 heterocycles. The van der Waals surface area contributed by atoms with E-state index in [2.05, 4.69) is 0 Å². The molecule has 1 aromatic carbocycles. The SMILES string of the molecule is COc1cccc(C(=O)N2CCN(C(=O)CCC3CCCC3)CC2)c1. The van der Waals surface area contributed by atoms with E-state index in [4.69, 9.17) is 4.74 Å². The number of carbonyl (C=O) groups is 2. The number of piperazine rings is 1. The number of carbonyl (C=O) groups excluding carboxylic acids is 2. The topological polar surface area (TPSA) is 49.9 Å². The Morgan fingerprint density at radius 2 is 1.76 bits per heavy atom. The lowest BCUT2D eigenvalue weighted by atomic mass is 10.0. The van der Waals surface area contributed by atoms with E-state index in [9.17, 15) is 9.59 Å². The molecule has 1 aliphatic carbocycles. The first-order valence-electron chi connectivity index (χ1n) is 9.38. The third kappa shape index (κ3) is 4.53.